The van der Waals surface area contributed by atoms with E-state index in [1.165, 1.54) is 24.5 Å². The Morgan fingerprint density at radius 1 is 0.939 bits per heavy atom. The van der Waals surface area contributed by atoms with E-state index in [1.54, 1.807) is 31.2 Å². The number of hydrazone groups is 1. The van der Waals surface area contributed by atoms with Crippen LogP contribution in [0.15, 0.2) is 58.3 Å². The number of furan rings is 1. The molecule has 0 bridgehead atoms. The van der Waals surface area contributed by atoms with Crippen LogP contribution in [0.1, 0.15) is 61.0 Å². The van der Waals surface area contributed by atoms with Crippen LogP contribution in [-0.4, -0.2) is 28.4 Å². The second kappa shape index (κ2) is 9.66. The topological polar surface area (TPSA) is 126 Å². The zero-order chi connectivity index (χ0) is 23.4. The highest BCUT2D eigenvalue weighted by Crippen LogP contribution is 2.29. The molecule has 0 spiro atoms. The lowest BCUT2D eigenvalue weighted by atomic mass is 9.93. The lowest BCUT2D eigenvalue weighted by Crippen LogP contribution is -2.41. The van der Waals surface area contributed by atoms with E-state index in [4.69, 9.17) is 16.0 Å². The number of hydrogen-bond acceptors (Lipinski definition) is 6. The summed E-state index contributed by atoms with van der Waals surface area (Å²) in [5, 5.41) is 4.82. The molecule has 3 aromatic rings. The van der Waals surface area contributed by atoms with E-state index in [0.717, 1.165) is 6.42 Å². The summed E-state index contributed by atoms with van der Waals surface area (Å²) in [7, 11) is 0. The zero-order valence-corrected chi connectivity index (χ0v) is 18.4. The third-order valence-electron chi connectivity index (χ3n) is 5.16. The summed E-state index contributed by atoms with van der Waals surface area (Å²) in [5.41, 5.74) is 9.96. The third kappa shape index (κ3) is 4.93. The zero-order valence-electron chi connectivity index (χ0n) is 17.6. The van der Waals surface area contributed by atoms with Crippen molar-refractivity contribution in [1.82, 2.24) is 21.3 Å². The van der Waals surface area contributed by atoms with Gasteiger partial charge in [0.25, 0.3) is 11.8 Å². The van der Waals surface area contributed by atoms with E-state index in [2.05, 4.69) is 26.4 Å². The molecule has 0 atom stereocenters. The maximum absolute atomic E-state index is 12.7. The van der Waals surface area contributed by atoms with Crippen molar-refractivity contribution in [3.63, 3.8) is 0 Å². The lowest BCUT2D eigenvalue weighted by Gasteiger charge is -2.13. The molecule has 10 heteroatoms. The summed E-state index contributed by atoms with van der Waals surface area (Å²) >= 11 is 5.86. The van der Waals surface area contributed by atoms with Crippen molar-refractivity contribution in [2.24, 2.45) is 5.10 Å². The number of amides is 3. The van der Waals surface area contributed by atoms with Crippen molar-refractivity contribution in [2.45, 2.75) is 26.2 Å². The highest BCUT2D eigenvalue weighted by atomic mass is 35.5. The Balaban J connectivity index is 1.48. The van der Waals surface area contributed by atoms with Gasteiger partial charge < -0.3 is 4.42 Å². The van der Waals surface area contributed by atoms with Gasteiger partial charge >= 0.3 is 5.91 Å². The molecule has 0 unspecified atom stereocenters. The van der Waals surface area contributed by atoms with Gasteiger partial charge in [-0.15, -0.1) is 0 Å². The molecule has 9 nitrogen and oxygen atoms in total. The Bertz CT molecular complexity index is 1240. The number of fused-ring (bicyclic) bond motifs is 1. The maximum Gasteiger partial charge on any atom is 0.305 e. The van der Waals surface area contributed by atoms with Gasteiger partial charge in [-0.2, -0.15) is 5.10 Å². The van der Waals surface area contributed by atoms with Crippen LogP contribution < -0.4 is 16.3 Å². The van der Waals surface area contributed by atoms with Gasteiger partial charge in [0.1, 0.15) is 5.76 Å². The number of halogens is 1. The van der Waals surface area contributed by atoms with Gasteiger partial charge in [0, 0.05) is 46.1 Å². The predicted octanol–water partition coefficient (Wildman–Crippen LogP) is 3.18. The Morgan fingerprint density at radius 3 is 2.33 bits per heavy atom. The average molecular weight is 466 g/mol. The van der Waals surface area contributed by atoms with Crippen LogP contribution in [0.4, 0.5) is 0 Å². The molecule has 33 heavy (non-hydrogen) atoms. The fourth-order valence-electron chi connectivity index (χ4n) is 3.53. The molecule has 3 amide bonds. The van der Waals surface area contributed by atoms with Crippen LogP contribution >= 0.6 is 11.6 Å². The Hall–Kier alpha value is -3.98. The first-order chi connectivity index (χ1) is 15.9. The lowest BCUT2D eigenvalue weighted by molar-refractivity contribution is 0.0829. The number of aryl methyl sites for hydroxylation is 1. The summed E-state index contributed by atoms with van der Waals surface area (Å²) in [4.78, 5) is 41.0. The minimum absolute atomic E-state index is 0.0775. The molecule has 1 aliphatic carbocycles. The molecule has 3 N–H and O–H groups in total. The van der Waals surface area contributed by atoms with E-state index < -0.39 is 11.8 Å². The fraction of sp³-hybridized carbons (Fsp3) is 0.174. The molecule has 0 saturated carbocycles. The second-order valence-electron chi connectivity index (χ2n) is 7.36. The summed E-state index contributed by atoms with van der Waals surface area (Å²) in [6.45, 7) is 1.74. The SMILES string of the molecule is Cc1c(C(=O)NNC(=O)c2ccncc2)oc2c1/C(=N/NC(=O)c1ccc(Cl)cc1)CCC2. The second-order valence-corrected chi connectivity index (χ2v) is 7.79. The van der Waals surface area contributed by atoms with Crippen LogP contribution in [0.2, 0.25) is 5.02 Å². The van der Waals surface area contributed by atoms with Gasteiger partial charge in [-0.25, -0.2) is 5.43 Å². The Kier molecular flexibility index (Phi) is 6.50. The van der Waals surface area contributed by atoms with E-state index in [0.29, 0.717) is 51.6 Å². The average Bonchev–Trinajstić information content (AvgIpc) is 3.19. The minimum atomic E-state index is -0.589. The fourth-order valence-corrected chi connectivity index (χ4v) is 3.65. The number of rotatable bonds is 4. The minimum Gasteiger partial charge on any atom is -0.455 e. The van der Waals surface area contributed by atoms with Gasteiger partial charge in [0.05, 0.1) is 5.71 Å². The molecule has 4 rings (SSSR count). The molecule has 1 aliphatic rings. The summed E-state index contributed by atoms with van der Waals surface area (Å²) < 4.78 is 5.79. The monoisotopic (exact) mass is 465 g/mol. The van der Waals surface area contributed by atoms with Gasteiger partial charge in [0.15, 0.2) is 5.76 Å². The first-order valence-electron chi connectivity index (χ1n) is 10.2. The molecule has 1 aromatic carbocycles. The van der Waals surface area contributed by atoms with Crippen molar-refractivity contribution >= 4 is 35.0 Å². The molecule has 2 aromatic heterocycles. The third-order valence-corrected chi connectivity index (χ3v) is 5.41. The van der Waals surface area contributed by atoms with Crippen LogP contribution in [0, 0.1) is 6.92 Å². The summed E-state index contributed by atoms with van der Waals surface area (Å²) in [6, 6.07) is 9.52. The van der Waals surface area contributed by atoms with Crippen LogP contribution in [0.25, 0.3) is 0 Å². The Labute approximate surface area is 194 Å². The number of carbonyl (C=O) groups is 3. The number of pyridine rings is 1. The van der Waals surface area contributed by atoms with E-state index >= 15 is 0 Å². The van der Waals surface area contributed by atoms with Gasteiger partial charge in [-0.3, -0.25) is 30.2 Å². The molecule has 168 valence electrons. The molecule has 0 radical (unpaired) electrons. The van der Waals surface area contributed by atoms with Crippen molar-refractivity contribution in [3.05, 3.63) is 87.6 Å². The molecule has 2 heterocycles. The van der Waals surface area contributed by atoms with Crippen molar-refractivity contribution in [1.29, 1.82) is 0 Å². The highest BCUT2D eigenvalue weighted by Gasteiger charge is 2.28. The van der Waals surface area contributed by atoms with Crippen LogP contribution in [0.3, 0.4) is 0 Å². The van der Waals surface area contributed by atoms with Gasteiger partial charge in [-0.1, -0.05) is 11.6 Å². The number of hydrazine groups is 1. The number of benzene rings is 1. The van der Waals surface area contributed by atoms with Gasteiger partial charge in [-0.05, 0) is 56.2 Å². The number of nitrogens with zero attached hydrogens (tertiary/aromatic N) is 2. The van der Waals surface area contributed by atoms with E-state index in [-0.39, 0.29) is 11.7 Å². The quantitative estimate of drug-likeness (QED) is 0.510. The first kappa shape index (κ1) is 22.2. The van der Waals surface area contributed by atoms with Crippen molar-refractivity contribution in [3.8, 4) is 0 Å². The summed E-state index contributed by atoms with van der Waals surface area (Å²) in [5.74, 6) is -0.748. The van der Waals surface area contributed by atoms with Crippen molar-refractivity contribution < 1.29 is 18.8 Å². The smallest absolute Gasteiger partial charge is 0.305 e. The van der Waals surface area contributed by atoms with Gasteiger partial charge in [0.2, 0.25) is 0 Å². The normalized spacial score (nSPS) is 13.8. The highest BCUT2D eigenvalue weighted by molar-refractivity contribution is 6.30. The Morgan fingerprint density at radius 2 is 1.61 bits per heavy atom. The molecular weight excluding hydrogens is 446 g/mol. The largest absolute Gasteiger partial charge is 0.455 e. The first-order valence-corrected chi connectivity index (χ1v) is 10.6. The van der Waals surface area contributed by atoms with Crippen LogP contribution in [0.5, 0.6) is 0 Å². The summed E-state index contributed by atoms with van der Waals surface area (Å²) in [6.07, 6.45) is 4.97. The standard InChI is InChI=1S/C23H20ClN5O4/c1-13-19-17(26-27-21(30)14-5-7-16(24)8-6-14)3-2-4-18(19)33-20(13)23(32)29-28-22(31)15-9-11-25-12-10-15/h5-12H,2-4H2,1H3,(H,27,30)(H,28,31)(H,29,32)/b26-17+. The molecule has 0 aliphatic heterocycles. The number of carbonyl (C=O) groups excluding carboxylic acids is 3. The number of aromatic nitrogens is 1. The maximum atomic E-state index is 12.7. The number of hydrogen-bond donors (Lipinski definition) is 3. The van der Waals surface area contributed by atoms with Crippen molar-refractivity contribution in [2.75, 3.05) is 0 Å². The van der Waals surface area contributed by atoms with E-state index in [1.807, 2.05) is 0 Å². The molecule has 0 saturated heterocycles. The van der Waals surface area contributed by atoms with Crippen LogP contribution in [-0.2, 0) is 6.42 Å². The number of nitrogens with one attached hydrogen (secondary N) is 3. The van der Waals surface area contributed by atoms with E-state index in [9.17, 15) is 14.4 Å². The molecular formula is C23H20ClN5O4. The molecule has 0 fully saturated rings. The predicted molar refractivity (Wildman–Crippen MR) is 121 cm³/mol.